The summed E-state index contributed by atoms with van der Waals surface area (Å²) < 4.78 is 0. The first-order valence-electron chi connectivity index (χ1n) is 19.4. The van der Waals surface area contributed by atoms with E-state index < -0.39 is 0 Å². The molecule has 0 saturated carbocycles. The monoisotopic (exact) mass is 711 g/mol. The van der Waals surface area contributed by atoms with Gasteiger partial charge in [0.05, 0.1) is 11.4 Å². The second-order valence-electron chi connectivity index (χ2n) is 16.7. The number of anilines is 3. The fourth-order valence-electron chi connectivity index (χ4n) is 7.72. The second kappa shape index (κ2) is 14.6. The molecule has 0 radical (unpaired) electrons. The standard InChI is InChI=1S/C54H49N/c1-53(2,3)43-35-42(36-44(37-43)54(4,5)6)47-27-17-23-41-24-18-28-49(52(41)47)48-26-14-16-30-51(48)55(45-33-31-39(32-34-45)38-19-9-7-10-20-38)50-29-15-13-25-46(50)40-21-11-8-12-22-40/h7-37H,1-6H3. The van der Waals surface area contributed by atoms with Gasteiger partial charge in [-0.25, -0.2) is 0 Å². The van der Waals surface area contributed by atoms with E-state index in [-0.39, 0.29) is 10.8 Å². The lowest BCUT2D eigenvalue weighted by atomic mass is 9.78. The summed E-state index contributed by atoms with van der Waals surface area (Å²) in [6, 6.07) is 68.9. The normalized spacial score (nSPS) is 11.8. The van der Waals surface area contributed by atoms with Crippen molar-refractivity contribution in [1.82, 2.24) is 0 Å². The largest absolute Gasteiger partial charge is 0.309 e. The lowest BCUT2D eigenvalue weighted by molar-refractivity contribution is 0.569. The molecular formula is C54H49N. The zero-order chi connectivity index (χ0) is 38.2. The lowest BCUT2D eigenvalue weighted by Gasteiger charge is -2.30. The summed E-state index contributed by atoms with van der Waals surface area (Å²) in [5.41, 5.74) is 15.8. The van der Waals surface area contributed by atoms with Crippen LogP contribution in [0.25, 0.3) is 55.3 Å². The molecule has 0 aromatic heterocycles. The van der Waals surface area contributed by atoms with Gasteiger partial charge in [0.15, 0.2) is 0 Å². The van der Waals surface area contributed by atoms with Crippen molar-refractivity contribution in [2.45, 2.75) is 52.4 Å². The van der Waals surface area contributed by atoms with E-state index in [0.29, 0.717) is 0 Å². The smallest absolute Gasteiger partial charge is 0.0540 e. The van der Waals surface area contributed by atoms with Gasteiger partial charge in [-0.15, -0.1) is 0 Å². The number of benzene rings is 8. The molecule has 0 saturated heterocycles. The Kier molecular flexibility index (Phi) is 9.49. The Labute approximate surface area is 327 Å². The van der Waals surface area contributed by atoms with Crippen molar-refractivity contribution in [2.75, 3.05) is 4.90 Å². The van der Waals surface area contributed by atoms with Gasteiger partial charge in [-0.1, -0.05) is 205 Å². The highest BCUT2D eigenvalue weighted by atomic mass is 15.1. The Bertz CT molecular complexity index is 2550. The van der Waals surface area contributed by atoms with Crippen LogP contribution < -0.4 is 4.90 Å². The Balaban J connectivity index is 1.38. The van der Waals surface area contributed by atoms with Crippen molar-refractivity contribution in [2.24, 2.45) is 0 Å². The predicted octanol–water partition coefficient (Wildman–Crippen LogP) is 15.6. The number of hydrogen-bond donors (Lipinski definition) is 0. The highest BCUT2D eigenvalue weighted by molar-refractivity contribution is 6.09. The van der Waals surface area contributed by atoms with Crippen molar-refractivity contribution in [3.63, 3.8) is 0 Å². The van der Waals surface area contributed by atoms with Gasteiger partial charge >= 0.3 is 0 Å². The van der Waals surface area contributed by atoms with Crippen molar-refractivity contribution < 1.29 is 0 Å². The molecule has 0 aliphatic heterocycles. The topological polar surface area (TPSA) is 3.24 Å². The molecule has 0 unspecified atom stereocenters. The first-order chi connectivity index (χ1) is 26.6. The van der Waals surface area contributed by atoms with E-state index in [1.54, 1.807) is 0 Å². The van der Waals surface area contributed by atoms with Gasteiger partial charge < -0.3 is 4.90 Å². The maximum atomic E-state index is 2.45. The third-order valence-corrected chi connectivity index (χ3v) is 10.8. The molecule has 8 aromatic rings. The van der Waals surface area contributed by atoms with Gasteiger partial charge in [0.2, 0.25) is 0 Å². The van der Waals surface area contributed by atoms with E-state index in [0.717, 1.165) is 17.1 Å². The Hall–Kier alpha value is -6.18. The van der Waals surface area contributed by atoms with Crippen LogP contribution in [0, 0.1) is 0 Å². The lowest BCUT2D eigenvalue weighted by Crippen LogP contribution is -2.16. The second-order valence-corrected chi connectivity index (χ2v) is 16.7. The number of hydrogen-bond acceptors (Lipinski definition) is 1. The van der Waals surface area contributed by atoms with E-state index in [1.165, 1.54) is 66.4 Å². The molecule has 0 fully saturated rings. The van der Waals surface area contributed by atoms with Crippen LogP contribution in [0.5, 0.6) is 0 Å². The molecule has 8 rings (SSSR count). The zero-order valence-corrected chi connectivity index (χ0v) is 32.8. The first kappa shape index (κ1) is 35.8. The van der Waals surface area contributed by atoms with Crippen LogP contribution in [-0.4, -0.2) is 0 Å². The molecule has 0 aliphatic carbocycles. The molecule has 8 aromatic carbocycles. The summed E-state index contributed by atoms with van der Waals surface area (Å²) in [6.45, 7) is 13.9. The summed E-state index contributed by atoms with van der Waals surface area (Å²) in [5, 5.41) is 2.49. The highest BCUT2D eigenvalue weighted by Gasteiger charge is 2.24. The fraction of sp³-hybridized carbons (Fsp3) is 0.148. The molecule has 1 nitrogen and oxygen atoms in total. The minimum absolute atomic E-state index is 0.0126. The SMILES string of the molecule is CC(C)(C)c1cc(-c2cccc3cccc(-c4ccccc4N(c4ccc(-c5ccccc5)cc4)c4ccccc4-c4ccccc4)c23)cc(C(C)(C)C)c1. The van der Waals surface area contributed by atoms with Crippen molar-refractivity contribution in [3.05, 3.63) is 199 Å². The van der Waals surface area contributed by atoms with E-state index >= 15 is 0 Å². The molecule has 0 bridgehead atoms. The van der Waals surface area contributed by atoms with Crippen LogP contribution in [0.3, 0.4) is 0 Å². The summed E-state index contributed by atoms with van der Waals surface area (Å²) in [5.74, 6) is 0. The Morgan fingerprint density at radius 1 is 0.327 bits per heavy atom. The van der Waals surface area contributed by atoms with E-state index in [4.69, 9.17) is 0 Å². The van der Waals surface area contributed by atoms with Crippen LogP contribution in [0.1, 0.15) is 52.7 Å². The predicted molar refractivity (Wildman–Crippen MR) is 238 cm³/mol. The number of nitrogens with zero attached hydrogens (tertiary/aromatic N) is 1. The average Bonchev–Trinajstić information content (AvgIpc) is 3.21. The van der Waals surface area contributed by atoms with Crippen LogP contribution in [0.2, 0.25) is 0 Å². The minimum atomic E-state index is 0.0126. The maximum absolute atomic E-state index is 2.45. The zero-order valence-electron chi connectivity index (χ0n) is 32.8. The molecule has 0 aliphatic rings. The van der Waals surface area contributed by atoms with E-state index in [9.17, 15) is 0 Å². The number of para-hydroxylation sites is 2. The van der Waals surface area contributed by atoms with Crippen LogP contribution in [0.15, 0.2) is 188 Å². The van der Waals surface area contributed by atoms with Gasteiger partial charge in [-0.05, 0) is 90.4 Å². The average molecular weight is 712 g/mol. The van der Waals surface area contributed by atoms with Crippen molar-refractivity contribution >= 4 is 27.8 Å². The van der Waals surface area contributed by atoms with Crippen molar-refractivity contribution in [3.8, 4) is 44.5 Å². The minimum Gasteiger partial charge on any atom is -0.309 e. The molecule has 0 amide bonds. The molecule has 0 heterocycles. The summed E-state index contributed by atoms with van der Waals surface area (Å²) in [4.78, 5) is 2.45. The number of rotatable bonds is 7. The summed E-state index contributed by atoms with van der Waals surface area (Å²) >= 11 is 0. The molecule has 0 N–H and O–H groups in total. The molecule has 55 heavy (non-hydrogen) atoms. The van der Waals surface area contributed by atoms with Gasteiger partial charge in [0.1, 0.15) is 0 Å². The highest BCUT2D eigenvalue weighted by Crippen LogP contribution is 2.47. The van der Waals surface area contributed by atoms with Gasteiger partial charge in [0, 0.05) is 16.8 Å². The third kappa shape index (κ3) is 7.23. The Morgan fingerprint density at radius 2 is 0.782 bits per heavy atom. The first-order valence-corrected chi connectivity index (χ1v) is 19.4. The number of fused-ring (bicyclic) bond motifs is 1. The maximum Gasteiger partial charge on any atom is 0.0540 e. The quantitative estimate of drug-likeness (QED) is 0.159. The third-order valence-electron chi connectivity index (χ3n) is 10.8. The van der Waals surface area contributed by atoms with Gasteiger partial charge in [-0.2, -0.15) is 0 Å². The fourth-order valence-corrected chi connectivity index (χ4v) is 7.72. The molecule has 0 atom stereocenters. The summed E-state index contributed by atoms with van der Waals surface area (Å²) in [7, 11) is 0. The van der Waals surface area contributed by atoms with E-state index in [2.05, 4.69) is 234 Å². The van der Waals surface area contributed by atoms with E-state index in [1.807, 2.05) is 0 Å². The molecule has 1 heteroatoms. The summed E-state index contributed by atoms with van der Waals surface area (Å²) in [6.07, 6.45) is 0. The molecule has 0 spiro atoms. The van der Waals surface area contributed by atoms with Crippen molar-refractivity contribution in [1.29, 1.82) is 0 Å². The van der Waals surface area contributed by atoms with Crippen LogP contribution >= 0.6 is 0 Å². The van der Waals surface area contributed by atoms with Gasteiger partial charge in [-0.3, -0.25) is 0 Å². The van der Waals surface area contributed by atoms with Crippen LogP contribution in [-0.2, 0) is 10.8 Å². The Morgan fingerprint density at radius 3 is 1.36 bits per heavy atom. The molecular weight excluding hydrogens is 663 g/mol. The van der Waals surface area contributed by atoms with Crippen LogP contribution in [0.4, 0.5) is 17.1 Å². The van der Waals surface area contributed by atoms with Gasteiger partial charge in [0.25, 0.3) is 0 Å². The molecule has 270 valence electrons.